The summed E-state index contributed by atoms with van der Waals surface area (Å²) < 4.78 is 28.7. The number of hydrogen-bond acceptors (Lipinski definition) is 2. The highest BCUT2D eigenvalue weighted by atomic mass is 19.3. The van der Waals surface area contributed by atoms with Crippen LogP contribution in [0.15, 0.2) is 36.4 Å². The first-order valence-corrected chi connectivity index (χ1v) is 5.89. The Morgan fingerprint density at radius 3 is 2.42 bits per heavy atom. The Morgan fingerprint density at radius 2 is 1.79 bits per heavy atom. The van der Waals surface area contributed by atoms with E-state index in [-0.39, 0.29) is 11.4 Å². The third-order valence-corrected chi connectivity index (χ3v) is 2.93. The van der Waals surface area contributed by atoms with E-state index < -0.39 is 6.61 Å². The summed E-state index contributed by atoms with van der Waals surface area (Å²) in [6, 6.07) is 10.9. The van der Waals surface area contributed by atoms with Crippen LogP contribution in [0.2, 0.25) is 0 Å². The van der Waals surface area contributed by atoms with Crippen molar-refractivity contribution < 1.29 is 13.5 Å². The number of anilines is 1. The van der Waals surface area contributed by atoms with E-state index in [2.05, 4.69) is 4.74 Å². The SMILES string of the molecule is Cc1ccc(C)c(-c2ccc(OC(F)F)c(N)c2)c1. The molecule has 19 heavy (non-hydrogen) atoms. The van der Waals surface area contributed by atoms with Crippen molar-refractivity contribution in [3.05, 3.63) is 47.5 Å². The van der Waals surface area contributed by atoms with Crippen LogP contribution >= 0.6 is 0 Å². The summed E-state index contributed by atoms with van der Waals surface area (Å²) in [7, 11) is 0. The van der Waals surface area contributed by atoms with Crippen LogP contribution in [-0.2, 0) is 0 Å². The summed E-state index contributed by atoms with van der Waals surface area (Å²) in [5, 5.41) is 0. The normalized spacial score (nSPS) is 10.8. The van der Waals surface area contributed by atoms with Gasteiger partial charge in [0.15, 0.2) is 0 Å². The van der Waals surface area contributed by atoms with Crippen molar-refractivity contribution in [3.63, 3.8) is 0 Å². The van der Waals surface area contributed by atoms with Crippen molar-refractivity contribution in [2.45, 2.75) is 20.5 Å². The summed E-state index contributed by atoms with van der Waals surface area (Å²) in [6.07, 6.45) is 0. The van der Waals surface area contributed by atoms with Crippen molar-refractivity contribution in [2.75, 3.05) is 5.73 Å². The molecule has 0 aromatic heterocycles. The molecule has 0 fully saturated rings. The molecule has 0 spiro atoms. The fourth-order valence-electron chi connectivity index (χ4n) is 1.97. The molecule has 2 aromatic rings. The van der Waals surface area contributed by atoms with Gasteiger partial charge >= 0.3 is 6.61 Å². The van der Waals surface area contributed by atoms with Crippen molar-refractivity contribution in [3.8, 4) is 16.9 Å². The maximum Gasteiger partial charge on any atom is 0.387 e. The van der Waals surface area contributed by atoms with Crippen LogP contribution < -0.4 is 10.5 Å². The minimum atomic E-state index is -2.87. The highest BCUT2D eigenvalue weighted by Crippen LogP contribution is 2.31. The highest BCUT2D eigenvalue weighted by molar-refractivity contribution is 5.73. The van der Waals surface area contributed by atoms with E-state index in [9.17, 15) is 8.78 Å². The Balaban J connectivity index is 2.41. The van der Waals surface area contributed by atoms with Crippen LogP contribution in [0.25, 0.3) is 11.1 Å². The predicted molar refractivity (Wildman–Crippen MR) is 72.4 cm³/mol. The molecule has 2 N–H and O–H groups in total. The molecule has 0 radical (unpaired) electrons. The average Bonchev–Trinajstić information content (AvgIpc) is 2.34. The number of ether oxygens (including phenoxy) is 1. The zero-order chi connectivity index (χ0) is 14.0. The third kappa shape index (κ3) is 3.02. The van der Waals surface area contributed by atoms with Crippen LogP contribution in [0.4, 0.5) is 14.5 Å². The summed E-state index contributed by atoms with van der Waals surface area (Å²) in [5.41, 5.74) is 10.1. The molecule has 0 aliphatic heterocycles. The lowest BCUT2D eigenvalue weighted by Gasteiger charge is -2.11. The monoisotopic (exact) mass is 263 g/mol. The molecule has 0 saturated heterocycles. The maximum absolute atomic E-state index is 12.2. The summed E-state index contributed by atoms with van der Waals surface area (Å²) in [6.45, 7) is 1.13. The standard InChI is InChI=1S/C15H15F2NO/c1-9-3-4-10(2)12(7-9)11-5-6-14(13(18)8-11)19-15(16)17/h3-8,15H,18H2,1-2H3. The van der Waals surface area contributed by atoms with Crippen molar-refractivity contribution in [1.29, 1.82) is 0 Å². The Kier molecular flexibility index (Phi) is 3.69. The van der Waals surface area contributed by atoms with Gasteiger partial charge in [0, 0.05) is 0 Å². The molecule has 4 heteroatoms. The van der Waals surface area contributed by atoms with Gasteiger partial charge in [-0.2, -0.15) is 8.78 Å². The van der Waals surface area contributed by atoms with Crippen molar-refractivity contribution in [2.24, 2.45) is 0 Å². The number of aryl methyl sites for hydroxylation is 2. The number of hydrogen-bond donors (Lipinski definition) is 1. The summed E-state index contributed by atoms with van der Waals surface area (Å²) in [5.74, 6) is 0.00376. The van der Waals surface area contributed by atoms with Gasteiger partial charge in [-0.3, -0.25) is 0 Å². The van der Waals surface area contributed by atoms with E-state index in [4.69, 9.17) is 5.73 Å². The maximum atomic E-state index is 12.2. The predicted octanol–water partition coefficient (Wildman–Crippen LogP) is 4.15. The number of halogens is 2. The number of nitrogen functional groups attached to an aromatic ring is 1. The minimum absolute atomic E-state index is 0.00376. The molecule has 0 amide bonds. The fourth-order valence-corrected chi connectivity index (χ4v) is 1.97. The fraction of sp³-hybridized carbons (Fsp3) is 0.200. The number of rotatable bonds is 3. The first-order chi connectivity index (χ1) is 8.97. The lowest BCUT2D eigenvalue weighted by molar-refractivity contribution is -0.0493. The van der Waals surface area contributed by atoms with Gasteiger partial charge in [-0.15, -0.1) is 0 Å². The van der Waals surface area contributed by atoms with Crippen LogP contribution in [0, 0.1) is 13.8 Å². The van der Waals surface area contributed by atoms with Gasteiger partial charge in [0.2, 0.25) is 0 Å². The second kappa shape index (κ2) is 5.26. The molecule has 0 heterocycles. The van der Waals surface area contributed by atoms with Gasteiger partial charge in [-0.05, 0) is 42.7 Å². The molecule has 0 bridgehead atoms. The first kappa shape index (κ1) is 13.3. The van der Waals surface area contributed by atoms with Crippen molar-refractivity contribution >= 4 is 5.69 Å². The first-order valence-electron chi connectivity index (χ1n) is 5.89. The molecular weight excluding hydrogens is 248 g/mol. The molecule has 0 aliphatic carbocycles. The van der Waals surface area contributed by atoms with E-state index in [1.807, 2.05) is 32.0 Å². The topological polar surface area (TPSA) is 35.2 Å². The highest BCUT2D eigenvalue weighted by Gasteiger charge is 2.10. The Hall–Kier alpha value is -2.10. The number of benzene rings is 2. The van der Waals surface area contributed by atoms with Gasteiger partial charge in [0.25, 0.3) is 0 Å². The molecule has 0 atom stereocenters. The zero-order valence-corrected chi connectivity index (χ0v) is 10.8. The van der Waals surface area contributed by atoms with Crippen LogP contribution in [0.5, 0.6) is 5.75 Å². The lowest BCUT2D eigenvalue weighted by Crippen LogP contribution is -2.04. The van der Waals surface area contributed by atoms with Crippen molar-refractivity contribution in [1.82, 2.24) is 0 Å². The molecule has 2 aromatic carbocycles. The van der Waals surface area contributed by atoms with Crippen LogP contribution in [0.3, 0.4) is 0 Å². The quantitative estimate of drug-likeness (QED) is 0.844. The minimum Gasteiger partial charge on any atom is -0.433 e. The van der Waals surface area contributed by atoms with E-state index in [1.54, 1.807) is 12.1 Å². The largest absolute Gasteiger partial charge is 0.433 e. The van der Waals surface area contributed by atoms with E-state index >= 15 is 0 Å². The van der Waals surface area contributed by atoms with Crippen LogP contribution in [0.1, 0.15) is 11.1 Å². The third-order valence-electron chi connectivity index (χ3n) is 2.93. The lowest BCUT2D eigenvalue weighted by atomic mass is 9.98. The zero-order valence-electron chi connectivity index (χ0n) is 10.8. The smallest absolute Gasteiger partial charge is 0.387 e. The molecule has 0 saturated carbocycles. The van der Waals surface area contributed by atoms with Gasteiger partial charge in [0.1, 0.15) is 5.75 Å². The van der Waals surface area contributed by atoms with Gasteiger partial charge in [0.05, 0.1) is 5.69 Å². The van der Waals surface area contributed by atoms with Crippen LogP contribution in [-0.4, -0.2) is 6.61 Å². The van der Waals surface area contributed by atoms with Gasteiger partial charge in [-0.1, -0.05) is 29.8 Å². The molecule has 100 valence electrons. The summed E-state index contributed by atoms with van der Waals surface area (Å²) in [4.78, 5) is 0. The van der Waals surface area contributed by atoms with E-state index in [1.165, 1.54) is 6.07 Å². The molecule has 2 rings (SSSR count). The summed E-state index contributed by atoms with van der Waals surface area (Å²) >= 11 is 0. The second-order valence-electron chi connectivity index (χ2n) is 4.45. The Morgan fingerprint density at radius 1 is 1.05 bits per heavy atom. The molecule has 2 nitrogen and oxygen atoms in total. The van der Waals surface area contributed by atoms with E-state index in [0.717, 1.165) is 22.3 Å². The second-order valence-corrected chi connectivity index (χ2v) is 4.45. The molecule has 0 aliphatic rings. The molecule has 0 unspecified atom stereocenters. The van der Waals surface area contributed by atoms with Gasteiger partial charge in [-0.25, -0.2) is 0 Å². The average molecular weight is 263 g/mol. The Bertz CT molecular complexity index is 597. The Labute approximate surface area is 110 Å². The molecular formula is C15H15F2NO. The van der Waals surface area contributed by atoms with Gasteiger partial charge < -0.3 is 10.5 Å². The van der Waals surface area contributed by atoms with E-state index in [0.29, 0.717) is 0 Å². The number of alkyl halides is 2. The number of nitrogens with two attached hydrogens (primary N) is 1.